The Kier molecular flexibility index (Phi) is 6.56. The molecule has 20 heavy (non-hydrogen) atoms. The van der Waals surface area contributed by atoms with E-state index in [0.717, 1.165) is 12.2 Å². The van der Waals surface area contributed by atoms with Crippen LogP contribution in [0.4, 0.5) is 0 Å². The van der Waals surface area contributed by atoms with Crippen molar-refractivity contribution in [3.8, 4) is 0 Å². The van der Waals surface area contributed by atoms with Gasteiger partial charge in [0.25, 0.3) is 0 Å². The first kappa shape index (κ1) is 17.1. The normalized spacial score (nSPS) is 14.1. The molecule has 0 aromatic heterocycles. The van der Waals surface area contributed by atoms with Gasteiger partial charge in [-0.25, -0.2) is 0 Å². The lowest BCUT2D eigenvalue weighted by Gasteiger charge is -2.30. The van der Waals surface area contributed by atoms with E-state index in [0.29, 0.717) is 0 Å². The van der Waals surface area contributed by atoms with E-state index < -0.39 is 5.54 Å². The van der Waals surface area contributed by atoms with Crippen LogP contribution in [0.25, 0.3) is 0 Å². The Morgan fingerprint density at radius 2 is 2.15 bits per heavy atom. The molecule has 0 fully saturated rings. The van der Waals surface area contributed by atoms with Crippen LogP contribution < -0.4 is 5.32 Å². The quantitative estimate of drug-likeness (QED) is 0.618. The third kappa shape index (κ3) is 5.17. The SMILES string of the molecule is COC(=O)C(C)(CCSc1cccc(C)c1)NC(C)C. The maximum Gasteiger partial charge on any atom is 0.325 e. The van der Waals surface area contributed by atoms with Gasteiger partial charge in [0, 0.05) is 16.7 Å². The van der Waals surface area contributed by atoms with E-state index in [9.17, 15) is 4.79 Å². The van der Waals surface area contributed by atoms with Gasteiger partial charge >= 0.3 is 5.97 Å². The van der Waals surface area contributed by atoms with Crippen molar-refractivity contribution in [3.05, 3.63) is 29.8 Å². The molecule has 0 amide bonds. The standard InChI is InChI=1S/C16H25NO2S/c1-12(2)17-16(4,15(18)19-5)9-10-20-14-8-6-7-13(3)11-14/h6-8,11-12,17H,9-10H2,1-5H3. The van der Waals surface area contributed by atoms with Crippen molar-refractivity contribution in [2.24, 2.45) is 0 Å². The van der Waals surface area contributed by atoms with Gasteiger partial charge in [-0.3, -0.25) is 10.1 Å². The van der Waals surface area contributed by atoms with Gasteiger partial charge in [-0.1, -0.05) is 17.7 Å². The summed E-state index contributed by atoms with van der Waals surface area (Å²) >= 11 is 1.77. The van der Waals surface area contributed by atoms with Crippen molar-refractivity contribution in [3.63, 3.8) is 0 Å². The van der Waals surface area contributed by atoms with E-state index >= 15 is 0 Å². The molecule has 1 rings (SSSR count). The van der Waals surface area contributed by atoms with Crippen molar-refractivity contribution < 1.29 is 9.53 Å². The largest absolute Gasteiger partial charge is 0.468 e. The molecule has 1 N–H and O–H groups in total. The molecule has 0 aliphatic rings. The summed E-state index contributed by atoms with van der Waals surface area (Å²) < 4.78 is 4.93. The number of ether oxygens (including phenoxy) is 1. The van der Waals surface area contributed by atoms with Crippen LogP contribution in [0.15, 0.2) is 29.2 Å². The minimum absolute atomic E-state index is 0.198. The molecular formula is C16H25NO2S. The Labute approximate surface area is 126 Å². The molecule has 0 saturated heterocycles. The van der Waals surface area contributed by atoms with Crippen molar-refractivity contribution in [1.29, 1.82) is 0 Å². The van der Waals surface area contributed by atoms with Gasteiger partial charge in [-0.15, -0.1) is 11.8 Å². The van der Waals surface area contributed by atoms with Crippen molar-refractivity contribution in [2.45, 2.75) is 50.6 Å². The number of hydrogen-bond acceptors (Lipinski definition) is 4. The van der Waals surface area contributed by atoms with E-state index in [2.05, 4.69) is 36.5 Å². The zero-order valence-corrected chi connectivity index (χ0v) is 13.8. The fraction of sp³-hybridized carbons (Fsp3) is 0.562. The van der Waals surface area contributed by atoms with Crippen LogP contribution in [0.2, 0.25) is 0 Å². The zero-order valence-electron chi connectivity index (χ0n) is 13.0. The second kappa shape index (κ2) is 7.70. The number of methoxy groups -OCH3 is 1. The predicted octanol–water partition coefficient (Wildman–Crippen LogP) is 3.41. The van der Waals surface area contributed by atoms with Crippen molar-refractivity contribution in [2.75, 3.05) is 12.9 Å². The minimum atomic E-state index is -0.625. The van der Waals surface area contributed by atoms with Gasteiger partial charge in [-0.05, 0) is 46.2 Å². The number of benzene rings is 1. The van der Waals surface area contributed by atoms with Gasteiger partial charge in [0.15, 0.2) is 0 Å². The summed E-state index contributed by atoms with van der Waals surface area (Å²) in [7, 11) is 1.44. The molecule has 0 aliphatic heterocycles. The van der Waals surface area contributed by atoms with E-state index in [4.69, 9.17) is 4.74 Å². The number of carbonyl (C=O) groups is 1. The molecule has 0 heterocycles. The topological polar surface area (TPSA) is 38.3 Å². The lowest BCUT2D eigenvalue weighted by Crippen LogP contribution is -2.53. The first-order valence-electron chi connectivity index (χ1n) is 6.93. The average molecular weight is 295 g/mol. The molecule has 0 spiro atoms. The molecule has 112 valence electrons. The Morgan fingerprint density at radius 3 is 2.70 bits per heavy atom. The third-order valence-corrected chi connectivity index (χ3v) is 4.10. The molecule has 3 nitrogen and oxygen atoms in total. The Bertz CT molecular complexity index is 448. The Balaban J connectivity index is 2.60. The smallest absolute Gasteiger partial charge is 0.325 e. The van der Waals surface area contributed by atoms with Crippen LogP contribution in [0.1, 0.15) is 32.8 Å². The van der Waals surface area contributed by atoms with Crippen LogP contribution in [0, 0.1) is 6.92 Å². The maximum atomic E-state index is 12.0. The van der Waals surface area contributed by atoms with Crippen LogP contribution in [0.5, 0.6) is 0 Å². The maximum absolute atomic E-state index is 12.0. The molecule has 1 aromatic carbocycles. The summed E-state index contributed by atoms with van der Waals surface area (Å²) in [5, 5.41) is 3.32. The van der Waals surface area contributed by atoms with Gasteiger partial charge in [0.05, 0.1) is 7.11 Å². The number of rotatable bonds is 7. The lowest BCUT2D eigenvalue weighted by molar-refractivity contribution is -0.148. The Morgan fingerprint density at radius 1 is 1.45 bits per heavy atom. The summed E-state index contributed by atoms with van der Waals surface area (Å²) in [4.78, 5) is 13.2. The molecule has 1 aromatic rings. The van der Waals surface area contributed by atoms with Crippen LogP contribution in [-0.2, 0) is 9.53 Å². The van der Waals surface area contributed by atoms with Gasteiger partial charge < -0.3 is 4.74 Å². The van der Waals surface area contributed by atoms with E-state index in [1.165, 1.54) is 17.6 Å². The van der Waals surface area contributed by atoms with Crippen LogP contribution >= 0.6 is 11.8 Å². The summed E-state index contributed by atoms with van der Waals surface area (Å²) in [5.41, 5.74) is 0.630. The number of esters is 1. The minimum Gasteiger partial charge on any atom is -0.468 e. The zero-order chi connectivity index (χ0) is 15.2. The number of thioether (sulfide) groups is 1. The fourth-order valence-corrected chi connectivity index (χ4v) is 3.36. The number of carbonyl (C=O) groups excluding carboxylic acids is 1. The second-order valence-electron chi connectivity index (χ2n) is 5.54. The highest BCUT2D eigenvalue weighted by Crippen LogP contribution is 2.23. The lowest BCUT2D eigenvalue weighted by atomic mass is 9.98. The number of hydrogen-bond donors (Lipinski definition) is 1. The Hall–Kier alpha value is -1.00. The predicted molar refractivity (Wildman–Crippen MR) is 85.2 cm³/mol. The van der Waals surface area contributed by atoms with E-state index in [1.807, 2.05) is 20.8 Å². The molecule has 4 heteroatoms. The molecule has 0 saturated carbocycles. The average Bonchev–Trinajstić information content (AvgIpc) is 2.37. The van der Waals surface area contributed by atoms with Gasteiger partial charge in [0.2, 0.25) is 0 Å². The summed E-state index contributed by atoms with van der Waals surface area (Å²) in [6.45, 7) is 8.07. The van der Waals surface area contributed by atoms with Crippen molar-refractivity contribution >= 4 is 17.7 Å². The number of nitrogens with one attached hydrogen (secondary N) is 1. The molecule has 1 unspecified atom stereocenters. The fourth-order valence-electron chi connectivity index (χ4n) is 2.17. The number of aryl methyl sites for hydroxylation is 1. The summed E-state index contributed by atoms with van der Waals surface area (Å²) in [6.07, 6.45) is 0.733. The monoisotopic (exact) mass is 295 g/mol. The molecule has 0 radical (unpaired) electrons. The van der Waals surface area contributed by atoms with E-state index in [-0.39, 0.29) is 12.0 Å². The molecule has 0 aliphatic carbocycles. The molecular weight excluding hydrogens is 270 g/mol. The molecule has 0 bridgehead atoms. The highest BCUT2D eigenvalue weighted by Gasteiger charge is 2.34. The first-order valence-corrected chi connectivity index (χ1v) is 7.91. The highest BCUT2D eigenvalue weighted by atomic mass is 32.2. The van der Waals surface area contributed by atoms with Gasteiger partial charge in [0.1, 0.15) is 5.54 Å². The van der Waals surface area contributed by atoms with Gasteiger partial charge in [-0.2, -0.15) is 0 Å². The van der Waals surface area contributed by atoms with E-state index in [1.54, 1.807) is 11.8 Å². The summed E-state index contributed by atoms with van der Waals surface area (Å²) in [5.74, 6) is 0.672. The molecule has 1 atom stereocenters. The first-order chi connectivity index (χ1) is 9.37. The highest BCUT2D eigenvalue weighted by molar-refractivity contribution is 7.99. The third-order valence-electron chi connectivity index (χ3n) is 3.10. The summed E-state index contributed by atoms with van der Waals surface area (Å²) in [6, 6.07) is 8.65. The van der Waals surface area contributed by atoms with Crippen LogP contribution in [-0.4, -0.2) is 30.4 Å². The second-order valence-corrected chi connectivity index (χ2v) is 6.71. The van der Waals surface area contributed by atoms with Crippen molar-refractivity contribution in [1.82, 2.24) is 5.32 Å². The van der Waals surface area contributed by atoms with Crippen LogP contribution in [0.3, 0.4) is 0 Å².